The van der Waals surface area contributed by atoms with Crippen molar-refractivity contribution in [3.05, 3.63) is 33.9 Å². The van der Waals surface area contributed by atoms with Crippen molar-refractivity contribution in [2.24, 2.45) is 0 Å². The number of ether oxygens (including phenoxy) is 2. The van der Waals surface area contributed by atoms with Crippen molar-refractivity contribution in [2.75, 3.05) is 44.3 Å². The van der Waals surface area contributed by atoms with Gasteiger partial charge < -0.3 is 24.6 Å². The van der Waals surface area contributed by atoms with Crippen LogP contribution in [0.1, 0.15) is 49.4 Å². The number of nitrogens with zero attached hydrogens (tertiary/aromatic N) is 3. The number of nitro benzene ring substituents is 1. The Hall–Kier alpha value is -3.37. The van der Waals surface area contributed by atoms with Crippen LogP contribution in [0.3, 0.4) is 0 Å². The summed E-state index contributed by atoms with van der Waals surface area (Å²) in [5.74, 6) is -1.26. The maximum atomic E-state index is 12.4. The second-order valence-corrected chi connectivity index (χ2v) is 8.11. The zero-order valence-electron chi connectivity index (χ0n) is 18.8. The lowest BCUT2D eigenvalue weighted by atomic mass is 10.1. The average Bonchev–Trinajstić information content (AvgIpc) is 2.83. The van der Waals surface area contributed by atoms with Crippen molar-refractivity contribution < 1.29 is 28.8 Å². The molecule has 0 radical (unpaired) electrons. The average molecular weight is 463 g/mol. The van der Waals surface area contributed by atoms with Gasteiger partial charge in [-0.2, -0.15) is 0 Å². The van der Waals surface area contributed by atoms with E-state index in [0.29, 0.717) is 38.2 Å². The lowest BCUT2D eigenvalue weighted by Gasteiger charge is -2.31. The first kappa shape index (κ1) is 24.3. The van der Waals surface area contributed by atoms with Gasteiger partial charge in [-0.3, -0.25) is 14.9 Å². The van der Waals surface area contributed by atoms with Gasteiger partial charge in [0, 0.05) is 38.3 Å². The molecule has 0 spiro atoms. The predicted octanol–water partition coefficient (Wildman–Crippen LogP) is 2.48. The van der Waals surface area contributed by atoms with Crippen LogP contribution in [0.4, 0.5) is 16.2 Å². The number of nitro groups is 1. The third kappa shape index (κ3) is 6.56. The number of benzene rings is 1. The van der Waals surface area contributed by atoms with Gasteiger partial charge in [-0.25, -0.2) is 9.59 Å². The minimum absolute atomic E-state index is 0.0259. The number of rotatable bonds is 7. The Labute approximate surface area is 192 Å². The molecular formula is C22H30N4O7. The highest BCUT2D eigenvalue weighted by molar-refractivity contribution is 5.93. The van der Waals surface area contributed by atoms with Crippen LogP contribution in [0.5, 0.6) is 0 Å². The summed E-state index contributed by atoms with van der Waals surface area (Å²) < 4.78 is 10.0. The van der Waals surface area contributed by atoms with Crippen molar-refractivity contribution in [3.63, 3.8) is 0 Å². The Morgan fingerprint density at radius 3 is 2.42 bits per heavy atom. The first-order chi connectivity index (χ1) is 15.9. The van der Waals surface area contributed by atoms with Gasteiger partial charge in [-0.15, -0.1) is 0 Å². The van der Waals surface area contributed by atoms with E-state index in [9.17, 15) is 24.5 Å². The number of carbonyl (C=O) groups excluding carboxylic acids is 3. The Bertz CT molecular complexity index is 877. The molecule has 11 nitrogen and oxygen atoms in total. The molecule has 2 heterocycles. The van der Waals surface area contributed by atoms with E-state index in [1.54, 1.807) is 17.9 Å². The maximum absolute atomic E-state index is 12.4. The standard InChI is InChI=1S/C22H30N4O7/c1-2-32-22(29)25-12-8-17(9-13-25)23-20(27)15-33-21(28)16-6-7-18(19(14-16)26(30)31)24-10-4-3-5-11-24/h6-7,14,17H,2-5,8-13,15H2,1H3,(H,23,27). The smallest absolute Gasteiger partial charge is 0.409 e. The second-order valence-electron chi connectivity index (χ2n) is 8.11. The first-order valence-electron chi connectivity index (χ1n) is 11.3. The first-order valence-corrected chi connectivity index (χ1v) is 11.3. The molecule has 0 unspecified atom stereocenters. The third-order valence-corrected chi connectivity index (χ3v) is 5.83. The van der Waals surface area contributed by atoms with E-state index in [1.807, 2.05) is 4.90 Å². The third-order valence-electron chi connectivity index (χ3n) is 5.83. The van der Waals surface area contributed by atoms with Gasteiger partial charge >= 0.3 is 12.1 Å². The molecule has 11 heteroatoms. The van der Waals surface area contributed by atoms with Crippen LogP contribution in [0, 0.1) is 10.1 Å². The van der Waals surface area contributed by atoms with E-state index in [1.165, 1.54) is 12.1 Å². The number of esters is 1. The van der Waals surface area contributed by atoms with Gasteiger partial charge in [0.05, 0.1) is 17.1 Å². The number of anilines is 1. The summed E-state index contributed by atoms with van der Waals surface area (Å²) in [7, 11) is 0. The molecule has 1 aromatic rings. The Kier molecular flexibility index (Phi) is 8.45. The van der Waals surface area contributed by atoms with Crippen LogP contribution < -0.4 is 10.2 Å². The van der Waals surface area contributed by atoms with E-state index in [2.05, 4.69) is 5.32 Å². The molecule has 180 valence electrons. The van der Waals surface area contributed by atoms with Gasteiger partial charge in [0.15, 0.2) is 6.61 Å². The zero-order chi connectivity index (χ0) is 23.8. The summed E-state index contributed by atoms with van der Waals surface area (Å²) in [6, 6.07) is 4.13. The number of carbonyl (C=O) groups is 3. The summed E-state index contributed by atoms with van der Waals surface area (Å²) in [4.78, 5) is 50.9. The van der Waals surface area contributed by atoms with E-state index in [-0.39, 0.29) is 23.4 Å². The fraction of sp³-hybridized carbons (Fsp3) is 0.591. The van der Waals surface area contributed by atoms with E-state index < -0.39 is 23.4 Å². The summed E-state index contributed by atoms with van der Waals surface area (Å²) >= 11 is 0. The molecule has 1 aromatic carbocycles. The highest BCUT2D eigenvalue weighted by atomic mass is 16.6. The van der Waals surface area contributed by atoms with Gasteiger partial charge in [-0.1, -0.05) is 0 Å². The molecule has 0 saturated carbocycles. The maximum Gasteiger partial charge on any atom is 0.409 e. The molecule has 0 atom stereocenters. The van der Waals surface area contributed by atoms with E-state index >= 15 is 0 Å². The van der Waals surface area contributed by atoms with Gasteiger partial charge in [-0.05, 0) is 51.2 Å². The SMILES string of the molecule is CCOC(=O)N1CCC(NC(=O)COC(=O)c2ccc(N3CCCCC3)c([N+](=O)[O-])c2)CC1. The molecule has 1 N–H and O–H groups in total. The summed E-state index contributed by atoms with van der Waals surface area (Å²) in [6.45, 7) is 3.98. The van der Waals surface area contributed by atoms with Crippen molar-refractivity contribution in [2.45, 2.75) is 45.1 Å². The topological polar surface area (TPSA) is 131 Å². The van der Waals surface area contributed by atoms with Crippen molar-refractivity contribution >= 4 is 29.3 Å². The Morgan fingerprint density at radius 1 is 1.09 bits per heavy atom. The molecule has 2 fully saturated rings. The van der Waals surface area contributed by atoms with Crippen LogP contribution in [-0.2, 0) is 14.3 Å². The van der Waals surface area contributed by atoms with Crippen LogP contribution in [0.25, 0.3) is 0 Å². The highest BCUT2D eigenvalue weighted by Crippen LogP contribution is 2.31. The molecule has 0 bridgehead atoms. The molecule has 0 aliphatic carbocycles. The molecule has 3 rings (SSSR count). The molecule has 2 amide bonds. The number of likely N-dealkylation sites (tertiary alicyclic amines) is 1. The quantitative estimate of drug-likeness (QED) is 0.371. The number of nitrogens with one attached hydrogen (secondary N) is 1. The van der Waals surface area contributed by atoms with Gasteiger partial charge in [0.1, 0.15) is 5.69 Å². The number of piperidine rings is 2. The fourth-order valence-corrected chi connectivity index (χ4v) is 4.10. The lowest BCUT2D eigenvalue weighted by Crippen LogP contribution is -2.47. The van der Waals surface area contributed by atoms with Crippen molar-refractivity contribution in [3.8, 4) is 0 Å². The molecule has 2 aliphatic heterocycles. The summed E-state index contributed by atoms with van der Waals surface area (Å²) in [5, 5.41) is 14.3. The van der Waals surface area contributed by atoms with Gasteiger partial charge in [0.2, 0.25) is 0 Å². The van der Waals surface area contributed by atoms with Crippen molar-refractivity contribution in [1.29, 1.82) is 0 Å². The normalized spacial score (nSPS) is 16.8. The van der Waals surface area contributed by atoms with Gasteiger partial charge in [0.25, 0.3) is 11.6 Å². The summed E-state index contributed by atoms with van der Waals surface area (Å²) in [5.41, 5.74) is 0.366. The Balaban J connectivity index is 1.50. The number of hydrogen-bond donors (Lipinski definition) is 1. The predicted molar refractivity (Wildman–Crippen MR) is 119 cm³/mol. The zero-order valence-corrected chi connectivity index (χ0v) is 18.8. The second kappa shape index (κ2) is 11.5. The molecule has 2 saturated heterocycles. The highest BCUT2D eigenvalue weighted by Gasteiger charge is 2.26. The molecule has 0 aromatic heterocycles. The minimum atomic E-state index is -0.796. The van der Waals surface area contributed by atoms with E-state index in [0.717, 1.165) is 32.4 Å². The number of hydrogen-bond acceptors (Lipinski definition) is 8. The Morgan fingerprint density at radius 2 is 1.79 bits per heavy atom. The minimum Gasteiger partial charge on any atom is -0.452 e. The lowest BCUT2D eigenvalue weighted by molar-refractivity contribution is -0.384. The molecule has 2 aliphatic rings. The summed E-state index contributed by atoms with van der Waals surface area (Å²) in [6.07, 6.45) is 3.82. The fourth-order valence-electron chi connectivity index (χ4n) is 4.10. The monoisotopic (exact) mass is 462 g/mol. The van der Waals surface area contributed by atoms with Crippen LogP contribution in [0.15, 0.2) is 18.2 Å². The largest absolute Gasteiger partial charge is 0.452 e. The van der Waals surface area contributed by atoms with Crippen LogP contribution in [0.2, 0.25) is 0 Å². The molecule has 33 heavy (non-hydrogen) atoms. The van der Waals surface area contributed by atoms with E-state index in [4.69, 9.17) is 9.47 Å². The van der Waals surface area contributed by atoms with Crippen molar-refractivity contribution in [1.82, 2.24) is 10.2 Å². The van der Waals surface area contributed by atoms with Crippen LogP contribution >= 0.6 is 0 Å². The van der Waals surface area contributed by atoms with Crippen LogP contribution in [-0.4, -0.2) is 73.2 Å². The molecular weight excluding hydrogens is 432 g/mol. The number of amides is 2.